The molecule has 1 aromatic carbocycles. The van der Waals surface area contributed by atoms with Crippen LogP contribution in [0.3, 0.4) is 0 Å². The summed E-state index contributed by atoms with van der Waals surface area (Å²) in [5.41, 5.74) is 7.29. The Hall–Kier alpha value is -1.20. The molecule has 2 rings (SSSR count). The van der Waals surface area contributed by atoms with E-state index in [0.717, 1.165) is 0 Å². The van der Waals surface area contributed by atoms with Gasteiger partial charge in [-0.1, -0.05) is 39.0 Å². The fourth-order valence-electron chi connectivity index (χ4n) is 1.84. The normalized spacial score (nSPS) is 19.2. The molecule has 0 bridgehead atoms. The van der Waals surface area contributed by atoms with Crippen LogP contribution in [0.5, 0.6) is 0 Å². The van der Waals surface area contributed by atoms with Crippen molar-refractivity contribution in [1.29, 1.82) is 0 Å². The van der Waals surface area contributed by atoms with Crippen molar-refractivity contribution in [1.82, 2.24) is 0 Å². The topological polar surface area (TPSA) is 72.5 Å². The Labute approximate surface area is 108 Å². The molecule has 98 valence electrons. The van der Waals surface area contributed by atoms with Crippen molar-refractivity contribution in [2.75, 3.05) is 0 Å². The average molecular weight is 266 g/mol. The molecule has 0 saturated heterocycles. The van der Waals surface area contributed by atoms with E-state index in [2.05, 4.69) is 4.40 Å². The van der Waals surface area contributed by atoms with Crippen molar-refractivity contribution in [3.8, 4) is 0 Å². The summed E-state index contributed by atoms with van der Waals surface area (Å²) in [6, 6.07) is 6.77. The van der Waals surface area contributed by atoms with E-state index in [1.807, 2.05) is 26.8 Å². The van der Waals surface area contributed by atoms with Crippen molar-refractivity contribution in [3.05, 3.63) is 29.8 Å². The zero-order valence-corrected chi connectivity index (χ0v) is 11.7. The van der Waals surface area contributed by atoms with E-state index >= 15 is 0 Å². The Morgan fingerprint density at radius 3 is 2.50 bits per heavy atom. The van der Waals surface area contributed by atoms with E-state index in [9.17, 15) is 8.42 Å². The van der Waals surface area contributed by atoms with E-state index in [4.69, 9.17) is 5.73 Å². The van der Waals surface area contributed by atoms with Gasteiger partial charge in [-0.15, -0.1) is 0 Å². The minimum Gasteiger partial charge on any atom is -0.327 e. The minimum atomic E-state index is -3.51. The molecule has 1 atom stereocenters. The minimum absolute atomic E-state index is 0.0795. The molecule has 0 radical (unpaired) electrons. The van der Waals surface area contributed by atoms with Crippen LogP contribution < -0.4 is 5.73 Å². The van der Waals surface area contributed by atoms with Crippen LogP contribution in [0.2, 0.25) is 0 Å². The predicted octanol–water partition coefficient (Wildman–Crippen LogP) is 1.94. The second kappa shape index (κ2) is 4.17. The van der Waals surface area contributed by atoms with Crippen molar-refractivity contribution in [2.45, 2.75) is 38.1 Å². The number of hydrogen-bond donors (Lipinski definition) is 1. The Kier molecular flexibility index (Phi) is 3.07. The first-order valence-electron chi connectivity index (χ1n) is 5.90. The van der Waals surface area contributed by atoms with Crippen LogP contribution in [0, 0.1) is 5.41 Å². The van der Waals surface area contributed by atoms with E-state index in [1.165, 1.54) is 0 Å². The van der Waals surface area contributed by atoms with Gasteiger partial charge in [0.15, 0.2) is 0 Å². The summed E-state index contributed by atoms with van der Waals surface area (Å²) in [6.45, 7) is 6.11. The van der Waals surface area contributed by atoms with Crippen molar-refractivity contribution >= 4 is 15.7 Å². The standard InChI is InChI=1S/C13H18N2O2S/c1-13(2,3)12(14)8-10-9-6-4-5-7-11(9)18(16,17)15-10/h4-7,12H,8,14H2,1-3H3. The summed E-state index contributed by atoms with van der Waals surface area (Å²) < 4.78 is 27.6. The first-order valence-corrected chi connectivity index (χ1v) is 7.34. The van der Waals surface area contributed by atoms with Gasteiger partial charge in [0.1, 0.15) is 0 Å². The summed E-state index contributed by atoms with van der Waals surface area (Å²) in [6.07, 6.45) is 0.472. The third-order valence-corrected chi connectivity index (χ3v) is 4.60. The highest BCUT2D eigenvalue weighted by Crippen LogP contribution is 2.30. The summed E-state index contributed by atoms with van der Waals surface area (Å²) >= 11 is 0. The number of nitrogens with zero attached hydrogens (tertiary/aromatic N) is 1. The molecule has 2 N–H and O–H groups in total. The molecule has 1 heterocycles. The number of nitrogens with two attached hydrogens (primary N) is 1. The molecule has 0 fully saturated rings. The molecule has 0 spiro atoms. The van der Waals surface area contributed by atoms with Crippen molar-refractivity contribution < 1.29 is 8.42 Å². The maximum absolute atomic E-state index is 11.9. The Balaban J connectivity index is 2.38. The SMILES string of the molecule is CC(C)(C)C(N)CC1=NS(=O)(=O)c2ccccc21. The third-order valence-electron chi connectivity index (χ3n) is 3.23. The molecular formula is C13H18N2O2S. The Bertz CT molecular complexity index is 598. The zero-order chi connectivity index (χ0) is 13.6. The van der Waals surface area contributed by atoms with E-state index in [-0.39, 0.29) is 11.5 Å². The van der Waals surface area contributed by atoms with Crippen LogP contribution in [0.25, 0.3) is 0 Å². The summed E-state index contributed by atoms with van der Waals surface area (Å²) in [5.74, 6) is 0. The number of rotatable bonds is 2. The fraction of sp³-hybridized carbons (Fsp3) is 0.462. The molecule has 5 heteroatoms. The number of fused-ring (bicyclic) bond motifs is 1. The summed E-state index contributed by atoms with van der Waals surface area (Å²) in [7, 11) is -3.51. The highest BCUT2D eigenvalue weighted by Gasteiger charge is 2.31. The van der Waals surface area contributed by atoms with Gasteiger partial charge in [-0.25, -0.2) is 0 Å². The van der Waals surface area contributed by atoms with Gasteiger partial charge in [0.05, 0.1) is 10.6 Å². The smallest absolute Gasteiger partial charge is 0.283 e. The molecule has 1 unspecified atom stereocenters. The Morgan fingerprint density at radius 2 is 1.89 bits per heavy atom. The first kappa shape index (κ1) is 13.2. The molecule has 1 aliphatic rings. The molecule has 1 aromatic rings. The summed E-state index contributed by atoms with van der Waals surface area (Å²) in [4.78, 5) is 0.293. The van der Waals surface area contributed by atoms with Crippen molar-refractivity contribution in [2.24, 2.45) is 15.5 Å². The van der Waals surface area contributed by atoms with Crippen molar-refractivity contribution in [3.63, 3.8) is 0 Å². The maximum Gasteiger partial charge on any atom is 0.283 e. The van der Waals surface area contributed by atoms with Crippen LogP contribution in [-0.2, 0) is 10.0 Å². The number of sulfonamides is 1. The first-order chi connectivity index (χ1) is 8.22. The van der Waals surface area contributed by atoms with Gasteiger partial charge in [0, 0.05) is 18.0 Å². The molecular weight excluding hydrogens is 248 g/mol. The predicted molar refractivity (Wildman–Crippen MR) is 72.2 cm³/mol. The lowest BCUT2D eigenvalue weighted by molar-refractivity contribution is 0.327. The Morgan fingerprint density at radius 1 is 1.28 bits per heavy atom. The maximum atomic E-state index is 11.9. The zero-order valence-electron chi connectivity index (χ0n) is 10.8. The number of hydrogen-bond acceptors (Lipinski definition) is 3. The number of benzene rings is 1. The lowest BCUT2D eigenvalue weighted by Gasteiger charge is -2.26. The molecule has 4 nitrogen and oxygen atoms in total. The quantitative estimate of drug-likeness (QED) is 0.889. The highest BCUT2D eigenvalue weighted by molar-refractivity contribution is 7.90. The van der Waals surface area contributed by atoms with Gasteiger partial charge in [-0.2, -0.15) is 12.8 Å². The van der Waals surface area contributed by atoms with Gasteiger partial charge >= 0.3 is 0 Å². The molecule has 18 heavy (non-hydrogen) atoms. The highest BCUT2D eigenvalue weighted by atomic mass is 32.2. The molecule has 0 saturated carbocycles. The van der Waals surface area contributed by atoms with E-state index in [1.54, 1.807) is 18.2 Å². The lowest BCUT2D eigenvalue weighted by atomic mass is 9.83. The van der Waals surface area contributed by atoms with E-state index < -0.39 is 10.0 Å². The van der Waals surface area contributed by atoms with Crippen LogP contribution in [0.4, 0.5) is 0 Å². The largest absolute Gasteiger partial charge is 0.327 e. The van der Waals surface area contributed by atoms with Crippen LogP contribution in [0.15, 0.2) is 33.6 Å². The van der Waals surface area contributed by atoms with Gasteiger partial charge in [0.25, 0.3) is 10.0 Å². The molecule has 0 aliphatic carbocycles. The molecule has 1 aliphatic heterocycles. The fourth-order valence-corrected chi connectivity index (χ4v) is 3.11. The van der Waals surface area contributed by atoms with Gasteiger partial charge in [-0.3, -0.25) is 0 Å². The van der Waals surface area contributed by atoms with Gasteiger partial charge in [-0.05, 0) is 11.5 Å². The second-order valence-corrected chi connectivity index (χ2v) is 7.26. The van der Waals surface area contributed by atoms with Gasteiger partial charge < -0.3 is 5.73 Å². The van der Waals surface area contributed by atoms with Crippen LogP contribution in [0.1, 0.15) is 32.8 Å². The van der Waals surface area contributed by atoms with Crippen LogP contribution >= 0.6 is 0 Å². The summed E-state index contributed by atoms with van der Waals surface area (Å²) in [5, 5.41) is 0. The monoisotopic (exact) mass is 266 g/mol. The lowest BCUT2D eigenvalue weighted by Crippen LogP contribution is -2.36. The second-order valence-electron chi connectivity index (χ2n) is 5.69. The van der Waals surface area contributed by atoms with Gasteiger partial charge in [0.2, 0.25) is 0 Å². The third kappa shape index (κ3) is 2.33. The average Bonchev–Trinajstić information content (AvgIpc) is 2.50. The van der Waals surface area contributed by atoms with Crippen LogP contribution in [-0.4, -0.2) is 20.2 Å². The molecule has 0 amide bonds. The molecule has 0 aromatic heterocycles. The van der Waals surface area contributed by atoms with E-state index in [0.29, 0.717) is 22.6 Å².